The predicted molar refractivity (Wildman–Crippen MR) is 102 cm³/mol. The van der Waals surface area contributed by atoms with Gasteiger partial charge < -0.3 is 20.2 Å². The van der Waals surface area contributed by atoms with E-state index in [0.717, 1.165) is 5.56 Å². The van der Waals surface area contributed by atoms with Crippen LogP contribution in [0.5, 0.6) is 0 Å². The number of nitrogens with two attached hydrogens (primary N) is 1. The van der Waals surface area contributed by atoms with Gasteiger partial charge in [0.15, 0.2) is 0 Å². The fourth-order valence-electron chi connectivity index (χ4n) is 2.04. The third-order valence-electron chi connectivity index (χ3n) is 3.21. The lowest BCUT2D eigenvalue weighted by atomic mass is 10.2. The number of hydrogen-bond acceptors (Lipinski definition) is 5. The Morgan fingerprint density at radius 1 is 1.07 bits per heavy atom. The minimum absolute atomic E-state index is 0.0500. The molecular formula is C19H22N4O5. The fraction of sp³-hybridized carbons (Fsp3) is 0.263. The second kappa shape index (κ2) is 8.85. The van der Waals surface area contributed by atoms with Crippen LogP contribution < -0.4 is 11.1 Å². The average Bonchev–Trinajstić information content (AvgIpc) is 3.09. The summed E-state index contributed by atoms with van der Waals surface area (Å²) >= 11 is 0. The molecule has 0 spiro atoms. The van der Waals surface area contributed by atoms with Crippen molar-refractivity contribution >= 4 is 23.9 Å². The molecule has 0 aliphatic heterocycles. The number of aromatic nitrogens is 1. The summed E-state index contributed by atoms with van der Waals surface area (Å²) in [6.07, 6.45) is -0.929. The number of benzene rings is 1. The van der Waals surface area contributed by atoms with Crippen molar-refractivity contribution in [3.05, 3.63) is 59.4 Å². The first-order chi connectivity index (χ1) is 13.1. The van der Waals surface area contributed by atoms with Gasteiger partial charge in [0.2, 0.25) is 5.96 Å². The van der Waals surface area contributed by atoms with Crippen molar-refractivity contribution in [2.75, 3.05) is 0 Å². The predicted octanol–water partition coefficient (Wildman–Crippen LogP) is 2.35. The number of aliphatic imine (C=N–C) groups is 1. The molecule has 0 saturated carbocycles. The number of nitrogens with one attached hydrogen (secondary N) is 2. The highest BCUT2D eigenvalue weighted by atomic mass is 16.6. The number of hydrogen-bond donors (Lipinski definition) is 3. The minimum atomic E-state index is -0.929. The number of rotatable bonds is 4. The van der Waals surface area contributed by atoms with Gasteiger partial charge in [0.1, 0.15) is 23.6 Å². The van der Waals surface area contributed by atoms with Gasteiger partial charge in [-0.25, -0.2) is 9.59 Å². The molecule has 0 aliphatic rings. The van der Waals surface area contributed by atoms with Crippen LogP contribution in [0.1, 0.15) is 47.3 Å². The van der Waals surface area contributed by atoms with Crippen molar-refractivity contribution in [2.45, 2.75) is 33.0 Å². The summed E-state index contributed by atoms with van der Waals surface area (Å²) < 4.78 is 10.1. The number of carbonyl (C=O) groups excluding carboxylic acids is 3. The summed E-state index contributed by atoms with van der Waals surface area (Å²) in [6.45, 7) is 5.13. The monoisotopic (exact) mass is 386 g/mol. The Labute approximate surface area is 161 Å². The zero-order valence-electron chi connectivity index (χ0n) is 15.8. The Morgan fingerprint density at radius 2 is 1.71 bits per heavy atom. The molecule has 28 heavy (non-hydrogen) atoms. The lowest BCUT2D eigenvalue weighted by Crippen LogP contribution is -2.38. The third kappa shape index (κ3) is 6.60. The van der Waals surface area contributed by atoms with E-state index in [2.05, 4.69) is 15.3 Å². The van der Waals surface area contributed by atoms with Gasteiger partial charge in [0.05, 0.1) is 0 Å². The van der Waals surface area contributed by atoms with Gasteiger partial charge in [0.25, 0.3) is 5.91 Å². The van der Waals surface area contributed by atoms with Crippen LogP contribution >= 0.6 is 0 Å². The van der Waals surface area contributed by atoms with E-state index in [1.807, 2.05) is 30.3 Å². The van der Waals surface area contributed by atoms with Gasteiger partial charge in [-0.2, -0.15) is 0 Å². The molecule has 0 unspecified atom stereocenters. The maximum Gasteiger partial charge on any atom is 0.437 e. The van der Waals surface area contributed by atoms with Crippen molar-refractivity contribution in [1.29, 1.82) is 0 Å². The van der Waals surface area contributed by atoms with Crippen LogP contribution in [0.4, 0.5) is 4.79 Å². The van der Waals surface area contributed by atoms with Gasteiger partial charge >= 0.3 is 12.1 Å². The molecule has 1 aromatic heterocycles. The maximum absolute atomic E-state index is 12.1. The van der Waals surface area contributed by atoms with Crippen LogP contribution in [0.2, 0.25) is 0 Å². The van der Waals surface area contributed by atoms with Crippen molar-refractivity contribution < 1.29 is 23.9 Å². The third-order valence-corrected chi connectivity index (χ3v) is 3.21. The Balaban J connectivity index is 1.92. The highest BCUT2D eigenvalue weighted by molar-refractivity contribution is 6.06. The number of ether oxygens (including phenoxy) is 2. The molecule has 148 valence electrons. The van der Waals surface area contributed by atoms with Gasteiger partial charge in [-0.05, 0) is 38.5 Å². The van der Waals surface area contributed by atoms with Crippen LogP contribution in [0.25, 0.3) is 0 Å². The number of guanidine groups is 1. The summed E-state index contributed by atoms with van der Waals surface area (Å²) in [5.74, 6) is -1.72. The number of amides is 2. The Bertz CT molecular complexity index is 881. The molecule has 0 atom stereocenters. The van der Waals surface area contributed by atoms with Crippen LogP contribution in [0.3, 0.4) is 0 Å². The second-order valence-corrected chi connectivity index (χ2v) is 6.78. The number of nitrogens with zero attached hydrogens (tertiary/aromatic N) is 1. The summed E-state index contributed by atoms with van der Waals surface area (Å²) in [5.41, 5.74) is 5.78. The fourth-order valence-corrected chi connectivity index (χ4v) is 2.04. The van der Waals surface area contributed by atoms with Crippen molar-refractivity contribution in [2.24, 2.45) is 10.7 Å². The van der Waals surface area contributed by atoms with E-state index in [-0.39, 0.29) is 18.0 Å². The highest BCUT2D eigenvalue weighted by Crippen LogP contribution is 2.08. The molecule has 2 amide bonds. The zero-order chi connectivity index (χ0) is 20.7. The van der Waals surface area contributed by atoms with E-state index in [0.29, 0.717) is 0 Å². The van der Waals surface area contributed by atoms with Crippen LogP contribution in [-0.4, -0.2) is 34.5 Å². The van der Waals surface area contributed by atoms with Gasteiger partial charge in [-0.3, -0.25) is 10.1 Å². The number of esters is 1. The first-order valence-corrected chi connectivity index (χ1v) is 8.42. The van der Waals surface area contributed by atoms with E-state index in [4.69, 9.17) is 15.2 Å². The van der Waals surface area contributed by atoms with Crippen molar-refractivity contribution in [3.8, 4) is 0 Å². The molecule has 2 aromatic rings. The van der Waals surface area contributed by atoms with E-state index in [9.17, 15) is 14.4 Å². The Morgan fingerprint density at radius 3 is 2.36 bits per heavy atom. The molecule has 0 fully saturated rings. The van der Waals surface area contributed by atoms with Crippen LogP contribution in [0.15, 0.2) is 47.5 Å². The summed E-state index contributed by atoms with van der Waals surface area (Å²) in [6, 6.07) is 12.0. The molecule has 4 N–H and O–H groups in total. The molecule has 0 aliphatic carbocycles. The van der Waals surface area contributed by atoms with Crippen LogP contribution in [0, 0.1) is 0 Å². The molecule has 0 bridgehead atoms. The van der Waals surface area contributed by atoms with E-state index in [1.165, 1.54) is 12.1 Å². The van der Waals surface area contributed by atoms with Crippen LogP contribution in [-0.2, 0) is 16.1 Å². The first-order valence-electron chi connectivity index (χ1n) is 8.42. The summed E-state index contributed by atoms with van der Waals surface area (Å²) in [5, 5.41) is 2.23. The first kappa shape index (κ1) is 20.7. The zero-order valence-corrected chi connectivity index (χ0v) is 15.8. The van der Waals surface area contributed by atoms with Gasteiger partial charge in [-0.1, -0.05) is 30.3 Å². The molecule has 0 saturated heterocycles. The SMILES string of the molecule is CC(C)(C)OC(=O)/N=C(\N)NC(=O)c1ccc(C(=O)OCc2ccccc2)[nH]1. The largest absolute Gasteiger partial charge is 0.456 e. The summed E-state index contributed by atoms with van der Waals surface area (Å²) in [7, 11) is 0. The molecule has 9 heteroatoms. The number of aromatic amines is 1. The molecular weight excluding hydrogens is 364 g/mol. The molecule has 9 nitrogen and oxygen atoms in total. The molecule has 1 heterocycles. The minimum Gasteiger partial charge on any atom is -0.456 e. The highest BCUT2D eigenvalue weighted by Gasteiger charge is 2.18. The molecule has 2 rings (SSSR count). The smallest absolute Gasteiger partial charge is 0.437 e. The Kier molecular flexibility index (Phi) is 6.54. The summed E-state index contributed by atoms with van der Waals surface area (Å²) in [4.78, 5) is 41.8. The Hall–Kier alpha value is -3.62. The average molecular weight is 386 g/mol. The lowest BCUT2D eigenvalue weighted by Gasteiger charge is -2.17. The molecule has 0 radical (unpaired) electrons. The maximum atomic E-state index is 12.1. The quantitative estimate of drug-likeness (QED) is 0.419. The number of H-pyrrole nitrogens is 1. The van der Waals surface area contributed by atoms with Gasteiger partial charge in [-0.15, -0.1) is 4.99 Å². The van der Waals surface area contributed by atoms with Crippen molar-refractivity contribution in [1.82, 2.24) is 10.3 Å². The van der Waals surface area contributed by atoms with E-state index in [1.54, 1.807) is 20.8 Å². The van der Waals surface area contributed by atoms with Crippen molar-refractivity contribution in [3.63, 3.8) is 0 Å². The van der Waals surface area contributed by atoms with Gasteiger partial charge in [0, 0.05) is 0 Å². The van der Waals surface area contributed by atoms with E-state index < -0.39 is 29.5 Å². The molecule has 1 aromatic carbocycles. The normalized spacial score (nSPS) is 11.6. The number of carbonyl (C=O) groups is 3. The lowest BCUT2D eigenvalue weighted by molar-refractivity contribution is 0.0466. The van der Waals surface area contributed by atoms with E-state index >= 15 is 0 Å². The second-order valence-electron chi connectivity index (χ2n) is 6.78. The topological polar surface area (TPSA) is 136 Å². The standard InChI is InChI=1S/C19H22N4O5/c1-19(2,3)28-18(26)23-17(20)22-15(24)13-9-10-14(21-13)16(25)27-11-12-7-5-4-6-8-12/h4-10,21H,11H2,1-3H3,(H3,20,22,23,24,26).